The highest BCUT2D eigenvalue weighted by molar-refractivity contribution is 7.90. The molecular weight excluding hydrogens is 270 g/mol. The zero-order valence-electron chi connectivity index (χ0n) is 13.5. The third kappa shape index (κ3) is 7.07. The van der Waals surface area contributed by atoms with Crippen molar-refractivity contribution in [2.24, 2.45) is 11.8 Å². The summed E-state index contributed by atoms with van der Waals surface area (Å²) in [6.07, 6.45) is 11.2. The van der Waals surface area contributed by atoms with Crippen LogP contribution in [0.5, 0.6) is 0 Å². The van der Waals surface area contributed by atoms with E-state index in [-0.39, 0.29) is 0 Å². The first-order valence-corrected chi connectivity index (χ1v) is 10.4. The molecule has 1 aliphatic carbocycles. The van der Waals surface area contributed by atoms with Crippen molar-refractivity contribution in [2.45, 2.75) is 71.3 Å². The van der Waals surface area contributed by atoms with E-state index in [1.165, 1.54) is 44.8 Å². The highest BCUT2D eigenvalue weighted by Gasteiger charge is 2.26. The molecule has 4 heteroatoms. The molecule has 0 bridgehead atoms. The minimum absolute atomic E-state index is 0.333. The van der Waals surface area contributed by atoms with Crippen molar-refractivity contribution >= 4 is 9.84 Å². The zero-order chi connectivity index (χ0) is 15.0. The van der Waals surface area contributed by atoms with Crippen LogP contribution in [0.1, 0.15) is 65.2 Å². The first-order chi connectivity index (χ1) is 9.46. The molecule has 1 fully saturated rings. The Kier molecular flexibility index (Phi) is 8.11. The molecule has 0 heterocycles. The van der Waals surface area contributed by atoms with Gasteiger partial charge in [-0.15, -0.1) is 0 Å². The summed E-state index contributed by atoms with van der Waals surface area (Å²) in [5, 5.41) is 3.59. The molecule has 1 aliphatic rings. The fourth-order valence-corrected chi connectivity index (χ4v) is 4.31. The molecule has 0 aromatic heterocycles. The van der Waals surface area contributed by atoms with Gasteiger partial charge in [-0.1, -0.05) is 39.5 Å². The SMILES string of the molecule is CCCC1CCC(C(CCCS(C)(=O)=O)NCC)CC1. The Bertz CT molecular complexity index is 345. The molecule has 0 aromatic carbocycles. The molecule has 1 N–H and O–H groups in total. The maximum Gasteiger partial charge on any atom is 0.147 e. The van der Waals surface area contributed by atoms with Gasteiger partial charge < -0.3 is 5.32 Å². The fraction of sp³-hybridized carbons (Fsp3) is 1.00. The zero-order valence-corrected chi connectivity index (χ0v) is 14.3. The molecule has 3 nitrogen and oxygen atoms in total. The fourth-order valence-electron chi connectivity index (χ4n) is 3.62. The Morgan fingerprint density at radius 1 is 1.15 bits per heavy atom. The van der Waals surface area contributed by atoms with Gasteiger partial charge in [0.1, 0.15) is 9.84 Å². The average Bonchev–Trinajstić information content (AvgIpc) is 2.38. The minimum Gasteiger partial charge on any atom is -0.314 e. The number of nitrogens with one attached hydrogen (secondary N) is 1. The molecule has 0 aromatic rings. The smallest absolute Gasteiger partial charge is 0.147 e. The van der Waals surface area contributed by atoms with E-state index >= 15 is 0 Å². The second-order valence-corrected chi connectivity index (χ2v) is 8.77. The first kappa shape index (κ1) is 18.0. The molecule has 120 valence electrons. The van der Waals surface area contributed by atoms with Gasteiger partial charge in [0, 0.05) is 18.1 Å². The summed E-state index contributed by atoms with van der Waals surface area (Å²) in [6, 6.07) is 0.518. The van der Waals surface area contributed by atoms with Crippen molar-refractivity contribution in [2.75, 3.05) is 18.6 Å². The third-order valence-electron chi connectivity index (χ3n) is 4.65. The Morgan fingerprint density at radius 2 is 1.80 bits per heavy atom. The van der Waals surface area contributed by atoms with Gasteiger partial charge in [-0.3, -0.25) is 0 Å². The van der Waals surface area contributed by atoms with E-state index in [0.717, 1.165) is 31.2 Å². The van der Waals surface area contributed by atoms with Gasteiger partial charge in [0.25, 0.3) is 0 Å². The van der Waals surface area contributed by atoms with Crippen molar-refractivity contribution < 1.29 is 8.42 Å². The van der Waals surface area contributed by atoms with Gasteiger partial charge in [-0.2, -0.15) is 0 Å². The van der Waals surface area contributed by atoms with E-state index in [2.05, 4.69) is 19.2 Å². The molecule has 0 spiro atoms. The highest BCUT2D eigenvalue weighted by Crippen LogP contribution is 2.34. The summed E-state index contributed by atoms with van der Waals surface area (Å²) >= 11 is 0. The van der Waals surface area contributed by atoms with E-state index in [9.17, 15) is 8.42 Å². The molecule has 0 amide bonds. The predicted molar refractivity (Wildman–Crippen MR) is 86.8 cm³/mol. The number of hydrogen-bond donors (Lipinski definition) is 1. The number of rotatable bonds is 9. The second kappa shape index (κ2) is 9.04. The van der Waals surface area contributed by atoms with E-state index in [0.29, 0.717) is 11.8 Å². The monoisotopic (exact) mass is 303 g/mol. The molecule has 0 aliphatic heterocycles. The largest absolute Gasteiger partial charge is 0.314 e. The van der Waals surface area contributed by atoms with E-state index in [1.807, 2.05) is 0 Å². The van der Waals surface area contributed by atoms with E-state index in [1.54, 1.807) is 0 Å². The van der Waals surface area contributed by atoms with Crippen LogP contribution in [-0.2, 0) is 9.84 Å². The summed E-state index contributed by atoms with van der Waals surface area (Å²) in [4.78, 5) is 0. The molecular formula is C16H33NO2S. The van der Waals surface area contributed by atoms with E-state index < -0.39 is 9.84 Å². The Morgan fingerprint density at radius 3 is 2.30 bits per heavy atom. The average molecular weight is 304 g/mol. The maximum absolute atomic E-state index is 11.2. The van der Waals surface area contributed by atoms with Gasteiger partial charge in [0.05, 0.1) is 0 Å². The van der Waals surface area contributed by atoms with Crippen LogP contribution in [0.2, 0.25) is 0 Å². The van der Waals surface area contributed by atoms with Gasteiger partial charge in [-0.25, -0.2) is 8.42 Å². The van der Waals surface area contributed by atoms with Gasteiger partial charge in [-0.05, 0) is 44.1 Å². The van der Waals surface area contributed by atoms with Crippen molar-refractivity contribution in [3.8, 4) is 0 Å². The van der Waals surface area contributed by atoms with Crippen LogP contribution in [0, 0.1) is 11.8 Å². The molecule has 0 radical (unpaired) electrons. The van der Waals surface area contributed by atoms with Crippen LogP contribution in [0.25, 0.3) is 0 Å². The Balaban J connectivity index is 2.38. The summed E-state index contributed by atoms with van der Waals surface area (Å²) in [6.45, 7) is 5.41. The summed E-state index contributed by atoms with van der Waals surface area (Å²) in [7, 11) is -2.81. The van der Waals surface area contributed by atoms with Crippen LogP contribution in [0.3, 0.4) is 0 Å². The topological polar surface area (TPSA) is 46.2 Å². The van der Waals surface area contributed by atoms with Gasteiger partial charge in [0.15, 0.2) is 0 Å². The van der Waals surface area contributed by atoms with Gasteiger partial charge >= 0.3 is 0 Å². The third-order valence-corrected chi connectivity index (χ3v) is 5.68. The predicted octanol–water partition coefficient (Wildman–Crippen LogP) is 3.40. The lowest BCUT2D eigenvalue weighted by atomic mass is 9.76. The normalized spacial score (nSPS) is 25.6. The van der Waals surface area contributed by atoms with Crippen molar-refractivity contribution in [1.82, 2.24) is 5.32 Å². The number of sulfone groups is 1. The van der Waals surface area contributed by atoms with E-state index in [4.69, 9.17) is 0 Å². The van der Waals surface area contributed by atoms with Crippen molar-refractivity contribution in [3.63, 3.8) is 0 Å². The van der Waals surface area contributed by atoms with Crippen LogP contribution >= 0.6 is 0 Å². The Labute approximate surface area is 125 Å². The molecule has 1 unspecified atom stereocenters. The van der Waals surface area contributed by atoms with Crippen LogP contribution in [0.15, 0.2) is 0 Å². The summed E-state index contributed by atoms with van der Waals surface area (Å²) in [5.41, 5.74) is 0. The molecule has 1 rings (SSSR count). The molecule has 0 saturated heterocycles. The quantitative estimate of drug-likeness (QED) is 0.710. The van der Waals surface area contributed by atoms with Crippen molar-refractivity contribution in [3.05, 3.63) is 0 Å². The lowest BCUT2D eigenvalue weighted by Gasteiger charge is -2.34. The summed E-state index contributed by atoms with van der Waals surface area (Å²) in [5.74, 6) is 2.03. The summed E-state index contributed by atoms with van der Waals surface area (Å²) < 4.78 is 22.5. The van der Waals surface area contributed by atoms with Crippen LogP contribution < -0.4 is 5.32 Å². The van der Waals surface area contributed by atoms with Crippen molar-refractivity contribution in [1.29, 1.82) is 0 Å². The standard InChI is InChI=1S/C16H33NO2S/c1-4-7-14-9-11-15(12-10-14)16(17-5-2)8-6-13-20(3,18)19/h14-17H,4-13H2,1-3H3. The van der Waals surface area contributed by atoms with Crippen LogP contribution in [-0.4, -0.2) is 33.0 Å². The van der Waals surface area contributed by atoms with Crippen LogP contribution in [0.4, 0.5) is 0 Å². The maximum atomic E-state index is 11.2. The molecule has 1 atom stereocenters. The lowest BCUT2D eigenvalue weighted by molar-refractivity contribution is 0.208. The number of hydrogen-bond acceptors (Lipinski definition) is 3. The first-order valence-electron chi connectivity index (χ1n) is 8.37. The Hall–Kier alpha value is -0.0900. The molecule has 20 heavy (non-hydrogen) atoms. The second-order valence-electron chi connectivity index (χ2n) is 6.51. The lowest BCUT2D eigenvalue weighted by Crippen LogP contribution is -2.38. The van der Waals surface area contributed by atoms with Gasteiger partial charge in [0.2, 0.25) is 0 Å². The molecule has 1 saturated carbocycles. The minimum atomic E-state index is -2.81. The highest BCUT2D eigenvalue weighted by atomic mass is 32.2.